The first-order valence-electron chi connectivity index (χ1n) is 6.33. The smallest absolute Gasteiger partial charge is 0.224 e. The lowest BCUT2D eigenvalue weighted by molar-refractivity contribution is 0.0984. The summed E-state index contributed by atoms with van der Waals surface area (Å²) in [6.07, 6.45) is 2.87. The fraction of sp³-hybridized carbons (Fsp3) is 0.667. The van der Waals surface area contributed by atoms with E-state index in [1.807, 2.05) is 6.20 Å². The highest BCUT2D eigenvalue weighted by Gasteiger charge is 2.22. The lowest BCUT2D eigenvalue weighted by Gasteiger charge is -2.34. The van der Waals surface area contributed by atoms with Gasteiger partial charge in [-0.3, -0.25) is 0 Å². The van der Waals surface area contributed by atoms with Crippen molar-refractivity contribution in [2.45, 2.75) is 26.3 Å². The lowest BCUT2D eigenvalue weighted by atomic mass is 10.2. The van der Waals surface area contributed by atoms with Gasteiger partial charge in [0.05, 0.1) is 23.7 Å². The third-order valence-electron chi connectivity index (χ3n) is 2.90. The molecule has 1 unspecified atom stereocenters. The van der Waals surface area contributed by atoms with Crippen LogP contribution in [0.1, 0.15) is 20.3 Å². The van der Waals surface area contributed by atoms with E-state index in [-0.39, 0.29) is 0 Å². The molecule has 0 spiro atoms. The molecule has 0 aromatic carbocycles. The molecular formula is C12H19BrN4O. The first kappa shape index (κ1) is 13.5. The number of nitrogens with one attached hydrogen (secondary N) is 1. The van der Waals surface area contributed by atoms with E-state index < -0.39 is 0 Å². The largest absolute Gasteiger partial charge is 0.377 e. The molecule has 1 aromatic heterocycles. The van der Waals surface area contributed by atoms with Crippen LogP contribution >= 0.6 is 15.9 Å². The van der Waals surface area contributed by atoms with Crippen molar-refractivity contribution in [1.29, 1.82) is 0 Å². The number of nitrogens with zero attached hydrogens (tertiary/aromatic N) is 3. The first-order chi connectivity index (χ1) is 8.72. The van der Waals surface area contributed by atoms with Gasteiger partial charge in [-0.25, -0.2) is 4.98 Å². The molecular weight excluding hydrogens is 296 g/mol. The predicted molar refractivity (Wildman–Crippen MR) is 76.1 cm³/mol. The highest BCUT2D eigenvalue weighted by Crippen LogP contribution is 2.27. The van der Waals surface area contributed by atoms with Gasteiger partial charge in [0.1, 0.15) is 5.82 Å². The van der Waals surface area contributed by atoms with E-state index in [0.717, 1.165) is 43.0 Å². The quantitative estimate of drug-likeness (QED) is 0.924. The molecule has 1 aromatic rings. The summed E-state index contributed by atoms with van der Waals surface area (Å²) in [4.78, 5) is 11.1. The van der Waals surface area contributed by atoms with Crippen molar-refractivity contribution in [2.24, 2.45) is 0 Å². The fourth-order valence-corrected chi connectivity index (χ4v) is 2.34. The minimum atomic E-state index is 0.337. The highest BCUT2D eigenvalue weighted by molar-refractivity contribution is 9.10. The van der Waals surface area contributed by atoms with Crippen LogP contribution in [0.25, 0.3) is 0 Å². The van der Waals surface area contributed by atoms with Crippen LogP contribution in [0, 0.1) is 0 Å². The summed E-state index contributed by atoms with van der Waals surface area (Å²) in [7, 11) is 0. The summed E-state index contributed by atoms with van der Waals surface area (Å²) in [5, 5.41) is 3.21. The Bertz CT molecular complexity index is 402. The molecule has 1 atom stereocenters. The average molecular weight is 315 g/mol. The molecule has 1 saturated heterocycles. The van der Waals surface area contributed by atoms with E-state index in [2.05, 4.69) is 50.0 Å². The number of halogens is 1. The third-order valence-corrected chi connectivity index (χ3v) is 3.46. The number of hydrogen-bond donors (Lipinski definition) is 1. The van der Waals surface area contributed by atoms with Gasteiger partial charge in [0, 0.05) is 19.3 Å². The van der Waals surface area contributed by atoms with E-state index in [9.17, 15) is 0 Å². The van der Waals surface area contributed by atoms with Crippen LogP contribution in [0.5, 0.6) is 0 Å². The Hall–Kier alpha value is -0.880. The van der Waals surface area contributed by atoms with E-state index >= 15 is 0 Å². The minimum Gasteiger partial charge on any atom is -0.377 e. The molecule has 100 valence electrons. The lowest BCUT2D eigenvalue weighted by Crippen LogP contribution is -2.44. The van der Waals surface area contributed by atoms with Gasteiger partial charge in [-0.05, 0) is 29.3 Å². The van der Waals surface area contributed by atoms with Crippen LogP contribution in [0.4, 0.5) is 11.8 Å². The molecule has 0 saturated carbocycles. The second-order valence-corrected chi connectivity index (χ2v) is 5.26. The van der Waals surface area contributed by atoms with Gasteiger partial charge in [-0.2, -0.15) is 4.98 Å². The summed E-state index contributed by atoms with van der Waals surface area (Å²) in [5.41, 5.74) is 0. The van der Waals surface area contributed by atoms with Crippen LogP contribution in [-0.2, 0) is 4.74 Å². The molecule has 18 heavy (non-hydrogen) atoms. The van der Waals surface area contributed by atoms with Crippen molar-refractivity contribution in [3.05, 3.63) is 10.7 Å². The van der Waals surface area contributed by atoms with Crippen molar-refractivity contribution in [1.82, 2.24) is 9.97 Å². The molecule has 1 aliphatic rings. The van der Waals surface area contributed by atoms with E-state index in [0.29, 0.717) is 12.0 Å². The third kappa shape index (κ3) is 3.11. The van der Waals surface area contributed by atoms with Gasteiger partial charge in [-0.15, -0.1) is 0 Å². The zero-order chi connectivity index (χ0) is 13.0. The van der Waals surface area contributed by atoms with Crippen molar-refractivity contribution in [3.8, 4) is 0 Å². The van der Waals surface area contributed by atoms with Crippen LogP contribution in [0.15, 0.2) is 10.7 Å². The van der Waals surface area contributed by atoms with Gasteiger partial charge in [-0.1, -0.05) is 6.92 Å². The Kier molecular flexibility index (Phi) is 4.77. The van der Waals surface area contributed by atoms with Crippen LogP contribution in [-0.4, -0.2) is 42.3 Å². The molecule has 5 nitrogen and oxygen atoms in total. The molecule has 0 radical (unpaired) electrons. The van der Waals surface area contributed by atoms with E-state index in [4.69, 9.17) is 4.74 Å². The van der Waals surface area contributed by atoms with Crippen molar-refractivity contribution < 1.29 is 4.74 Å². The molecule has 6 heteroatoms. The highest BCUT2D eigenvalue weighted by atomic mass is 79.9. The maximum atomic E-state index is 5.45. The summed E-state index contributed by atoms with van der Waals surface area (Å²) < 4.78 is 6.38. The summed E-state index contributed by atoms with van der Waals surface area (Å²) in [5.74, 6) is 1.63. The molecule has 2 heterocycles. The predicted octanol–water partition coefficient (Wildman–Crippen LogP) is 2.29. The molecule has 0 aliphatic carbocycles. The Balaban J connectivity index is 2.19. The number of anilines is 2. The van der Waals surface area contributed by atoms with Crippen LogP contribution in [0.3, 0.4) is 0 Å². The standard InChI is InChI=1S/C12H19BrN4O/c1-3-4-14-12-15-7-10(13)11(16-12)17-5-6-18-8-9(17)2/h7,9H,3-6,8H2,1-2H3,(H,14,15,16). The molecule has 0 bridgehead atoms. The first-order valence-corrected chi connectivity index (χ1v) is 7.12. The number of morpholine rings is 1. The van der Waals surface area contributed by atoms with Gasteiger partial charge in [0.25, 0.3) is 0 Å². The Morgan fingerprint density at radius 1 is 1.61 bits per heavy atom. The summed E-state index contributed by atoms with van der Waals surface area (Å²) in [6.45, 7) is 7.51. The number of aromatic nitrogens is 2. The molecule has 1 aliphatic heterocycles. The van der Waals surface area contributed by atoms with Gasteiger partial charge >= 0.3 is 0 Å². The van der Waals surface area contributed by atoms with Crippen LogP contribution in [0.2, 0.25) is 0 Å². The SMILES string of the molecule is CCCNc1ncc(Br)c(N2CCOCC2C)n1. The molecule has 1 N–H and O–H groups in total. The normalized spacial score (nSPS) is 19.9. The maximum Gasteiger partial charge on any atom is 0.224 e. The van der Waals surface area contributed by atoms with Gasteiger partial charge in [0.2, 0.25) is 5.95 Å². The summed E-state index contributed by atoms with van der Waals surface area (Å²) in [6, 6.07) is 0.337. The van der Waals surface area contributed by atoms with Crippen molar-refractivity contribution in [2.75, 3.05) is 36.5 Å². The van der Waals surface area contributed by atoms with E-state index in [1.54, 1.807) is 0 Å². The molecule has 1 fully saturated rings. The zero-order valence-corrected chi connectivity index (χ0v) is 12.4. The zero-order valence-electron chi connectivity index (χ0n) is 10.8. The number of ether oxygens (including phenoxy) is 1. The van der Waals surface area contributed by atoms with Crippen molar-refractivity contribution in [3.63, 3.8) is 0 Å². The fourth-order valence-electron chi connectivity index (χ4n) is 1.92. The van der Waals surface area contributed by atoms with Gasteiger partial charge < -0.3 is 15.0 Å². The van der Waals surface area contributed by atoms with Crippen LogP contribution < -0.4 is 10.2 Å². The Morgan fingerprint density at radius 3 is 3.17 bits per heavy atom. The average Bonchev–Trinajstić information content (AvgIpc) is 2.39. The second kappa shape index (κ2) is 6.33. The minimum absolute atomic E-state index is 0.337. The topological polar surface area (TPSA) is 50.3 Å². The monoisotopic (exact) mass is 314 g/mol. The second-order valence-electron chi connectivity index (χ2n) is 4.41. The number of rotatable bonds is 4. The number of hydrogen-bond acceptors (Lipinski definition) is 5. The molecule has 0 amide bonds. The van der Waals surface area contributed by atoms with E-state index in [1.165, 1.54) is 0 Å². The Morgan fingerprint density at radius 2 is 2.44 bits per heavy atom. The van der Waals surface area contributed by atoms with Gasteiger partial charge in [0.15, 0.2) is 0 Å². The molecule has 2 rings (SSSR count). The summed E-state index contributed by atoms with van der Waals surface area (Å²) >= 11 is 3.53. The maximum absolute atomic E-state index is 5.45. The van der Waals surface area contributed by atoms with Crippen molar-refractivity contribution >= 4 is 27.7 Å². The Labute approximate surface area is 116 Å².